The molecule has 0 atom stereocenters. The molecule has 2 aromatic carbocycles. The molecule has 0 radical (unpaired) electrons. The Morgan fingerprint density at radius 3 is 1.21 bits per heavy atom. The van der Waals surface area contributed by atoms with Gasteiger partial charge in [0.2, 0.25) is 5.43 Å². The fourth-order valence-electron chi connectivity index (χ4n) is 10.1. The summed E-state index contributed by atoms with van der Waals surface area (Å²) in [6.45, 7) is 2.62. The number of benzene rings is 2. The summed E-state index contributed by atoms with van der Waals surface area (Å²) in [5.74, 6) is -0.868. The number of hydrogen-bond donors (Lipinski definition) is 0. The van der Waals surface area contributed by atoms with Crippen LogP contribution in [0.4, 0.5) is 0 Å². The molecule has 0 aliphatic heterocycles. The fraction of sp³-hybridized carbons (Fsp3) is 0.667. The number of carbonyl (C=O) groups is 2. The predicted octanol–water partition coefficient (Wildman–Crippen LogP) is 9.97. The van der Waals surface area contributed by atoms with E-state index in [1.54, 1.807) is 36.4 Å². The first-order chi connectivity index (χ1) is 26.0. The Morgan fingerprint density at radius 1 is 0.528 bits per heavy atom. The summed E-state index contributed by atoms with van der Waals surface area (Å²) >= 11 is 0. The molecule has 0 N–H and O–H groups in total. The summed E-state index contributed by atoms with van der Waals surface area (Å²) in [4.78, 5) is 45.6. The fourth-order valence-corrected chi connectivity index (χ4v) is 10.1. The zero-order chi connectivity index (χ0) is 36.4. The minimum absolute atomic E-state index is 0.281. The van der Waals surface area contributed by atoms with Gasteiger partial charge >= 0.3 is 11.9 Å². The molecule has 1 heterocycles. The van der Waals surface area contributed by atoms with Gasteiger partial charge in [-0.3, -0.25) is 14.6 Å². The van der Waals surface area contributed by atoms with Crippen LogP contribution in [0, 0.1) is 0 Å². The van der Waals surface area contributed by atoms with Gasteiger partial charge in [-0.15, -0.1) is 0 Å². The van der Waals surface area contributed by atoms with E-state index in [1.807, 2.05) is 0 Å². The molecule has 0 bridgehead atoms. The van der Waals surface area contributed by atoms with Crippen molar-refractivity contribution in [3.8, 4) is 0 Å². The van der Waals surface area contributed by atoms with Crippen LogP contribution in [-0.2, 0) is 9.47 Å². The van der Waals surface area contributed by atoms with E-state index in [-0.39, 0.29) is 5.43 Å². The molecule has 8 nitrogen and oxygen atoms in total. The standard InChI is InChI=1S/C45H62N2O6/c48-43-39-31-33(44(49)51-29-13-27-46(35-15-5-1-6-16-35)36-17-7-2-8-18-36)23-25-41(39)53-42-26-24-34(32-40(42)43)45(50)52-30-14-28-47(37-19-9-3-10-20-37)38-21-11-4-12-22-38/h23-26,31-32,35-38H,1-22,27-30H2. The Hall–Kier alpha value is -3.23. The smallest absolute Gasteiger partial charge is 0.338 e. The maximum atomic E-state index is 13.7. The lowest BCUT2D eigenvalue weighted by Gasteiger charge is -2.41. The minimum atomic E-state index is -0.434. The molecule has 53 heavy (non-hydrogen) atoms. The van der Waals surface area contributed by atoms with Crippen molar-refractivity contribution in [3.63, 3.8) is 0 Å². The molecular weight excluding hydrogens is 665 g/mol. The Bertz CT molecular complexity index is 1550. The van der Waals surface area contributed by atoms with E-state index >= 15 is 0 Å². The van der Waals surface area contributed by atoms with Gasteiger partial charge in [-0.05, 0) is 101 Å². The van der Waals surface area contributed by atoms with Crippen molar-refractivity contribution in [3.05, 3.63) is 57.7 Å². The van der Waals surface area contributed by atoms with Crippen LogP contribution in [0.3, 0.4) is 0 Å². The van der Waals surface area contributed by atoms with Gasteiger partial charge in [0.05, 0.1) is 35.1 Å². The third-order valence-corrected chi connectivity index (χ3v) is 12.9. The summed E-state index contributed by atoms with van der Waals surface area (Å²) in [6, 6.07) is 12.4. The zero-order valence-corrected chi connectivity index (χ0v) is 32.0. The Labute approximate surface area is 315 Å². The van der Waals surface area contributed by atoms with Crippen LogP contribution in [-0.4, -0.2) is 72.2 Å². The molecule has 0 unspecified atom stereocenters. The number of rotatable bonds is 14. The molecule has 0 spiro atoms. The third kappa shape index (κ3) is 9.72. The second kappa shape index (κ2) is 18.9. The monoisotopic (exact) mass is 726 g/mol. The van der Waals surface area contributed by atoms with Crippen LogP contribution in [0.25, 0.3) is 21.9 Å². The van der Waals surface area contributed by atoms with Crippen molar-refractivity contribution in [2.75, 3.05) is 26.3 Å². The van der Waals surface area contributed by atoms with Crippen LogP contribution in [0.5, 0.6) is 0 Å². The van der Waals surface area contributed by atoms with Gasteiger partial charge in [0.25, 0.3) is 0 Å². The highest BCUT2D eigenvalue weighted by Gasteiger charge is 2.30. The Kier molecular flexibility index (Phi) is 13.6. The molecule has 4 saturated carbocycles. The maximum absolute atomic E-state index is 13.7. The largest absolute Gasteiger partial charge is 0.462 e. The molecule has 4 fully saturated rings. The number of ether oxygens (including phenoxy) is 2. The van der Waals surface area contributed by atoms with E-state index in [9.17, 15) is 14.4 Å². The lowest BCUT2D eigenvalue weighted by molar-refractivity contribution is 0.0417. The van der Waals surface area contributed by atoms with Gasteiger partial charge in [-0.1, -0.05) is 77.0 Å². The first-order valence-corrected chi connectivity index (χ1v) is 21.4. The molecule has 4 aliphatic rings. The molecule has 1 aromatic heterocycles. The number of fused-ring (bicyclic) bond motifs is 2. The predicted molar refractivity (Wildman–Crippen MR) is 211 cm³/mol. The van der Waals surface area contributed by atoms with Crippen LogP contribution >= 0.6 is 0 Å². The summed E-state index contributed by atoms with van der Waals surface area (Å²) in [6.07, 6.45) is 27.8. The van der Waals surface area contributed by atoms with Gasteiger partial charge in [-0.2, -0.15) is 0 Å². The number of nitrogens with zero attached hydrogens (tertiary/aromatic N) is 2. The van der Waals surface area contributed by atoms with Crippen molar-refractivity contribution in [2.45, 2.75) is 165 Å². The van der Waals surface area contributed by atoms with Gasteiger partial charge in [0, 0.05) is 37.3 Å². The minimum Gasteiger partial charge on any atom is -0.462 e. The summed E-state index contributed by atoms with van der Waals surface area (Å²) in [5, 5.41) is 0.590. The molecule has 7 rings (SSSR count). The van der Waals surface area contributed by atoms with Gasteiger partial charge in [-0.25, -0.2) is 9.59 Å². The quantitative estimate of drug-likeness (QED) is 0.0922. The Morgan fingerprint density at radius 2 is 0.868 bits per heavy atom. The van der Waals surface area contributed by atoms with E-state index in [1.165, 1.54) is 128 Å². The second-order valence-electron chi connectivity index (χ2n) is 16.5. The highest BCUT2D eigenvalue weighted by atomic mass is 16.5. The van der Waals surface area contributed by atoms with Crippen LogP contribution in [0.2, 0.25) is 0 Å². The van der Waals surface area contributed by atoms with E-state index < -0.39 is 11.9 Å². The molecule has 4 aliphatic carbocycles. The van der Waals surface area contributed by atoms with Crippen LogP contribution in [0.15, 0.2) is 45.6 Å². The third-order valence-electron chi connectivity index (χ3n) is 12.9. The maximum Gasteiger partial charge on any atom is 0.338 e. The van der Waals surface area contributed by atoms with E-state index in [2.05, 4.69) is 9.80 Å². The average Bonchev–Trinajstić information content (AvgIpc) is 3.22. The summed E-state index contributed by atoms with van der Waals surface area (Å²) in [7, 11) is 0. The molecule has 8 heteroatoms. The summed E-state index contributed by atoms with van der Waals surface area (Å²) in [5.41, 5.74) is 1.16. The highest BCUT2D eigenvalue weighted by molar-refractivity contribution is 5.99. The van der Waals surface area contributed by atoms with Crippen molar-refractivity contribution in [2.24, 2.45) is 0 Å². The van der Waals surface area contributed by atoms with Crippen molar-refractivity contribution >= 4 is 33.9 Å². The zero-order valence-electron chi connectivity index (χ0n) is 32.0. The first-order valence-electron chi connectivity index (χ1n) is 21.4. The number of carbonyl (C=O) groups excluding carboxylic acids is 2. The highest BCUT2D eigenvalue weighted by Crippen LogP contribution is 2.32. The normalized spacial score (nSPS) is 20.0. The molecule has 0 amide bonds. The van der Waals surface area contributed by atoms with Crippen molar-refractivity contribution in [1.29, 1.82) is 0 Å². The lowest BCUT2D eigenvalue weighted by Crippen LogP contribution is -2.45. The van der Waals surface area contributed by atoms with Crippen molar-refractivity contribution < 1.29 is 23.5 Å². The van der Waals surface area contributed by atoms with Crippen LogP contribution < -0.4 is 5.43 Å². The average molecular weight is 727 g/mol. The molecule has 288 valence electrons. The van der Waals surface area contributed by atoms with E-state index in [4.69, 9.17) is 13.9 Å². The van der Waals surface area contributed by atoms with E-state index in [0.29, 0.717) is 70.4 Å². The molecule has 0 saturated heterocycles. The molecule has 3 aromatic rings. The second-order valence-corrected chi connectivity index (χ2v) is 16.5. The Balaban J connectivity index is 0.948. The summed E-state index contributed by atoms with van der Waals surface area (Å²) < 4.78 is 17.6. The number of esters is 2. The van der Waals surface area contributed by atoms with Gasteiger partial charge in [0.1, 0.15) is 11.2 Å². The molecular formula is C45H62N2O6. The first kappa shape index (κ1) is 38.1. The van der Waals surface area contributed by atoms with Gasteiger partial charge in [0.15, 0.2) is 0 Å². The van der Waals surface area contributed by atoms with Crippen LogP contribution in [0.1, 0.15) is 162 Å². The van der Waals surface area contributed by atoms with E-state index in [0.717, 1.165) is 25.9 Å². The SMILES string of the molecule is O=C(OCCCN(C1CCCCC1)C1CCCCC1)c1ccc2oc3ccc(C(=O)OCCCN(C4CCCCC4)C4CCCCC4)cc3c(=O)c2c1. The number of hydrogen-bond acceptors (Lipinski definition) is 8. The lowest BCUT2D eigenvalue weighted by atomic mass is 9.88. The topological polar surface area (TPSA) is 89.3 Å². The van der Waals surface area contributed by atoms with Gasteiger partial charge < -0.3 is 13.9 Å². The van der Waals surface area contributed by atoms with Crippen molar-refractivity contribution in [1.82, 2.24) is 9.80 Å².